The number of hydrogen-bond donors (Lipinski definition) is 1. The molecule has 1 aliphatic rings. The summed E-state index contributed by atoms with van der Waals surface area (Å²) in [5.74, 6) is 1.57. The third-order valence-electron chi connectivity index (χ3n) is 5.95. The summed E-state index contributed by atoms with van der Waals surface area (Å²) in [5.41, 5.74) is 6.70. The molecule has 0 saturated heterocycles. The number of aryl methyl sites for hydroxylation is 1. The van der Waals surface area contributed by atoms with E-state index in [1.54, 1.807) is 0 Å². The minimum atomic E-state index is 0.154. The molecule has 2 aromatic rings. The SMILES string of the molecule is CCc1ccc(C(C)NC[C@H]2COc3cc(C(C)(C)C)ccc3C2)cc1C=NC. The molecule has 2 aromatic carbocycles. The van der Waals surface area contributed by atoms with E-state index in [4.69, 9.17) is 4.74 Å². The highest BCUT2D eigenvalue weighted by Crippen LogP contribution is 2.32. The molecule has 0 fully saturated rings. The van der Waals surface area contributed by atoms with Crippen LogP contribution in [-0.4, -0.2) is 26.4 Å². The molecular formula is C26H36N2O. The summed E-state index contributed by atoms with van der Waals surface area (Å²) in [7, 11) is 1.83. The number of nitrogens with zero attached hydrogens (tertiary/aromatic N) is 1. The molecule has 29 heavy (non-hydrogen) atoms. The normalized spacial score (nSPS) is 17.8. The lowest BCUT2D eigenvalue weighted by molar-refractivity contribution is 0.214. The van der Waals surface area contributed by atoms with Gasteiger partial charge in [-0.2, -0.15) is 0 Å². The fourth-order valence-corrected chi connectivity index (χ4v) is 3.96. The van der Waals surface area contributed by atoms with E-state index < -0.39 is 0 Å². The van der Waals surface area contributed by atoms with Gasteiger partial charge in [0.1, 0.15) is 5.75 Å². The Labute approximate surface area is 176 Å². The van der Waals surface area contributed by atoms with Gasteiger partial charge in [0, 0.05) is 31.8 Å². The lowest BCUT2D eigenvalue weighted by atomic mass is 9.85. The topological polar surface area (TPSA) is 33.6 Å². The molecule has 1 aliphatic heterocycles. The zero-order chi connectivity index (χ0) is 21.0. The van der Waals surface area contributed by atoms with E-state index in [2.05, 4.69) is 81.3 Å². The quantitative estimate of drug-likeness (QED) is 0.659. The Morgan fingerprint density at radius 2 is 2.00 bits per heavy atom. The highest BCUT2D eigenvalue weighted by molar-refractivity contribution is 5.82. The van der Waals surface area contributed by atoms with Crippen LogP contribution in [0.4, 0.5) is 0 Å². The van der Waals surface area contributed by atoms with Crippen molar-refractivity contribution in [2.45, 2.75) is 58.9 Å². The van der Waals surface area contributed by atoms with Crippen molar-refractivity contribution in [3.05, 3.63) is 64.2 Å². The van der Waals surface area contributed by atoms with Gasteiger partial charge in [0.2, 0.25) is 0 Å². The largest absolute Gasteiger partial charge is 0.493 e. The highest BCUT2D eigenvalue weighted by atomic mass is 16.5. The van der Waals surface area contributed by atoms with Crippen LogP contribution < -0.4 is 10.1 Å². The van der Waals surface area contributed by atoms with Crippen LogP contribution in [0.3, 0.4) is 0 Å². The molecule has 0 saturated carbocycles. The third kappa shape index (κ3) is 5.27. The Balaban J connectivity index is 1.62. The first-order chi connectivity index (χ1) is 13.8. The molecule has 1 unspecified atom stereocenters. The molecule has 0 aromatic heterocycles. The molecule has 0 amide bonds. The van der Waals surface area contributed by atoms with Crippen molar-refractivity contribution in [3.63, 3.8) is 0 Å². The van der Waals surface area contributed by atoms with Gasteiger partial charge < -0.3 is 10.1 Å². The molecule has 1 heterocycles. The summed E-state index contributed by atoms with van der Waals surface area (Å²) >= 11 is 0. The van der Waals surface area contributed by atoms with E-state index in [1.165, 1.54) is 27.8 Å². The van der Waals surface area contributed by atoms with Gasteiger partial charge in [-0.1, -0.05) is 52.0 Å². The van der Waals surface area contributed by atoms with Gasteiger partial charge in [0.05, 0.1) is 6.61 Å². The summed E-state index contributed by atoms with van der Waals surface area (Å²) in [4.78, 5) is 4.22. The van der Waals surface area contributed by atoms with Crippen LogP contribution in [0, 0.1) is 5.92 Å². The molecule has 3 heteroatoms. The van der Waals surface area contributed by atoms with Gasteiger partial charge >= 0.3 is 0 Å². The van der Waals surface area contributed by atoms with E-state index >= 15 is 0 Å². The predicted molar refractivity (Wildman–Crippen MR) is 124 cm³/mol. The monoisotopic (exact) mass is 392 g/mol. The summed E-state index contributed by atoms with van der Waals surface area (Å²) in [6.07, 6.45) is 4.06. The minimum Gasteiger partial charge on any atom is -0.493 e. The second-order valence-corrected chi connectivity index (χ2v) is 9.28. The van der Waals surface area contributed by atoms with E-state index in [1.807, 2.05) is 13.3 Å². The number of fused-ring (bicyclic) bond motifs is 1. The lowest BCUT2D eigenvalue weighted by Gasteiger charge is -2.29. The second-order valence-electron chi connectivity index (χ2n) is 9.28. The van der Waals surface area contributed by atoms with Crippen LogP contribution >= 0.6 is 0 Å². The smallest absolute Gasteiger partial charge is 0.122 e. The third-order valence-corrected chi connectivity index (χ3v) is 5.95. The predicted octanol–water partition coefficient (Wildman–Crippen LogP) is 5.50. The van der Waals surface area contributed by atoms with E-state index in [0.717, 1.165) is 31.7 Å². The first-order valence-electron chi connectivity index (χ1n) is 10.9. The zero-order valence-corrected chi connectivity index (χ0v) is 18.9. The number of ether oxygens (including phenoxy) is 1. The summed E-state index contributed by atoms with van der Waals surface area (Å²) < 4.78 is 6.13. The van der Waals surface area contributed by atoms with Gasteiger partial charge in [-0.3, -0.25) is 4.99 Å². The van der Waals surface area contributed by atoms with E-state index in [-0.39, 0.29) is 5.41 Å². The molecule has 0 aliphatic carbocycles. The minimum absolute atomic E-state index is 0.154. The van der Waals surface area contributed by atoms with Crippen molar-refractivity contribution < 1.29 is 4.74 Å². The van der Waals surface area contributed by atoms with Crippen molar-refractivity contribution >= 4 is 6.21 Å². The lowest BCUT2D eigenvalue weighted by Crippen LogP contribution is -2.33. The van der Waals surface area contributed by atoms with Crippen LogP contribution in [0.15, 0.2) is 41.4 Å². The summed E-state index contributed by atoms with van der Waals surface area (Å²) in [6.45, 7) is 12.9. The molecule has 0 spiro atoms. The van der Waals surface area contributed by atoms with Crippen LogP contribution in [0.25, 0.3) is 0 Å². The van der Waals surface area contributed by atoms with Crippen LogP contribution in [0.5, 0.6) is 5.75 Å². The molecule has 3 nitrogen and oxygen atoms in total. The number of nitrogens with one attached hydrogen (secondary N) is 1. The van der Waals surface area contributed by atoms with Crippen LogP contribution in [0.1, 0.15) is 68.5 Å². The fraction of sp³-hybridized carbons (Fsp3) is 0.500. The summed E-state index contributed by atoms with van der Waals surface area (Å²) in [5, 5.41) is 3.72. The molecular weight excluding hydrogens is 356 g/mol. The first kappa shape index (κ1) is 21.6. The van der Waals surface area contributed by atoms with Crippen molar-refractivity contribution in [1.29, 1.82) is 0 Å². The first-order valence-corrected chi connectivity index (χ1v) is 10.9. The summed E-state index contributed by atoms with van der Waals surface area (Å²) in [6, 6.07) is 13.8. The van der Waals surface area contributed by atoms with Gasteiger partial charge in [-0.05, 0) is 65.1 Å². The average Bonchev–Trinajstić information content (AvgIpc) is 2.71. The van der Waals surface area contributed by atoms with Crippen LogP contribution in [-0.2, 0) is 18.3 Å². The second kappa shape index (κ2) is 9.13. The molecule has 156 valence electrons. The number of benzene rings is 2. The molecule has 0 radical (unpaired) electrons. The van der Waals surface area contributed by atoms with E-state index in [0.29, 0.717) is 12.0 Å². The van der Waals surface area contributed by atoms with Crippen molar-refractivity contribution in [2.75, 3.05) is 20.2 Å². The fourth-order valence-electron chi connectivity index (χ4n) is 3.96. The number of hydrogen-bond acceptors (Lipinski definition) is 3. The van der Waals surface area contributed by atoms with Crippen LogP contribution in [0.2, 0.25) is 0 Å². The highest BCUT2D eigenvalue weighted by Gasteiger charge is 2.23. The average molecular weight is 393 g/mol. The molecule has 1 N–H and O–H groups in total. The number of rotatable bonds is 6. The van der Waals surface area contributed by atoms with Crippen molar-refractivity contribution in [2.24, 2.45) is 10.9 Å². The maximum Gasteiger partial charge on any atom is 0.122 e. The van der Waals surface area contributed by atoms with E-state index in [9.17, 15) is 0 Å². The maximum absolute atomic E-state index is 6.13. The van der Waals surface area contributed by atoms with Gasteiger partial charge in [-0.25, -0.2) is 0 Å². The Hall–Kier alpha value is -2.13. The Bertz CT molecular complexity index is 863. The van der Waals surface area contributed by atoms with Gasteiger partial charge in [0.15, 0.2) is 0 Å². The Morgan fingerprint density at radius 1 is 1.21 bits per heavy atom. The molecule has 2 atom stereocenters. The van der Waals surface area contributed by atoms with Gasteiger partial charge in [0.25, 0.3) is 0 Å². The van der Waals surface area contributed by atoms with Crippen molar-refractivity contribution in [1.82, 2.24) is 5.32 Å². The maximum atomic E-state index is 6.13. The van der Waals surface area contributed by atoms with Crippen molar-refractivity contribution in [3.8, 4) is 5.75 Å². The standard InChI is InChI=1S/C26H36N2O/c1-7-20-8-9-21(13-23(20)16-27-6)18(2)28-15-19-12-22-10-11-24(26(3,4)5)14-25(22)29-17-19/h8-11,13-14,16,18-19,28H,7,12,15,17H2,1-6H3/t18?,19-/m0/s1. The van der Waals surface area contributed by atoms with Gasteiger partial charge in [-0.15, -0.1) is 0 Å². The zero-order valence-electron chi connectivity index (χ0n) is 18.9. The number of aliphatic imine (C=N–C) groups is 1. The Morgan fingerprint density at radius 3 is 2.69 bits per heavy atom. The molecule has 0 bridgehead atoms. The molecule has 3 rings (SSSR count). The Kier molecular flexibility index (Phi) is 6.79.